The Morgan fingerprint density at radius 3 is 1.61 bits per heavy atom. The van der Waals surface area contributed by atoms with Crippen LogP contribution in [0.3, 0.4) is 0 Å². The van der Waals surface area contributed by atoms with Crippen LogP contribution in [0.5, 0.6) is 0 Å². The van der Waals surface area contributed by atoms with Crippen LogP contribution in [0.1, 0.15) is 38.5 Å². The van der Waals surface area contributed by atoms with E-state index in [0.717, 1.165) is 0 Å². The molecule has 0 saturated heterocycles. The zero-order valence-corrected chi connectivity index (χ0v) is 18.8. The number of hydrogen-bond donors (Lipinski definition) is 9. The summed E-state index contributed by atoms with van der Waals surface area (Å²) >= 11 is 0. The van der Waals surface area contributed by atoms with Crippen LogP contribution in [0.2, 0.25) is 0 Å². The molecule has 3 atom stereocenters. The Kier molecular flexibility index (Phi) is 15.1. The van der Waals surface area contributed by atoms with Gasteiger partial charge in [0.2, 0.25) is 11.8 Å². The lowest BCUT2D eigenvalue weighted by Crippen LogP contribution is -2.53. The minimum absolute atomic E-state index is 0.0476. The van der Waals surface area contributed by atoms with E-state index in [0.29, 0.717) is 51.5 Å². The molecule has 0 saturated carbocycles. The predicted molar refractivity (Wildman–Crippen MR) is 128 cm³/mol. The van der Waals surface area contributed by atoms with E-state index >= 15 is 0 Å². The van der Waals surface area contributed by atoms with Gasteiger partial charge in [-0.05, 0) is 38.5 Å². The fourth-order valence-electron chi connectivity index (χ4n) is 2.68. The van der Waals surface area contributed by atoms with Crippen LogP contribution in [0.15, 0.2) is 15.0 Å². The molecule has 0 unspecified atom stereocenters. The van der Waals surface area contributed by atoms with E-state index < -0.39 is 29.9 Å². The molecular weight excluding hydrogens is 432 g/mol. The summed E-state index contributed by atoms with van der Waals surface area (Å²) in [6.07, 6.45) is 2.85. The average Bonchev–Trinajstić information content (AvgIpc) is 2.74. The summed E-state index contributed by atoms with van der Waals surface area (Å²) in [6, 6.07) is -2.57. The third-order valence-electron chi connectivity index (χ3n) is 4.34. The number of carbonyl (C=O) groups excluding carboxylic acids is 3. The molecule has 2 amide bonds. The molecule has 0 aromatic rings. The molecule has 0 aliphatic rings. The summed E-state index contributed by atoms with van der Waals surface area (Å²) in [5.74, 6) is -1.23. The summed E-state index contributed by atoms with van der Waals surface area (Å²) in [7, 11) is 0. The second-order valence-corrected chi connectivity index (χ2v) is 7.27. The van der Waals surface area contributed by atoms with Gasteiger partial charge in [0.15, 0.2) is 17.9 Å². The van der Waals surface area contributed by atoms with Gasteiger partial charge in [-0.15, -0.1) is 0 Å². The largest absolute Gasteiger partial charge is 0.370 e. The van der Waals surface area contributed by atoms with Gasteiger partial charge >= 0.3 is 0 Å². The van der Waals surface area contributed by atoms with Crippen molar-refractivity contribution in [2.45, 2.75) is 56.7 Å². The maximum Gasteiger partial charge on any atom is 0.243 e. The highest BCUT2D eigenvalue weighted by Gasteiger charge is 2.25. The normalized spacial score (nSPS) is 13.0. The Morgan fingerprint density at radius 2 is 1.15 bits per heavy atom. The number of aldehydes is 1. The van der Waals surface area contributed by atoms with Gasteiger partial charge in [0.05, 0.1) is 12.1 Å². The maximum absolute atomic E-state index is 12.8. The second-order valence-electron chi connectivity index (χ2n) is 7.27. The van der Waals surface area contributed by atoms with Gasteiger partial charge in [-0.1, -0.05) is 0 Å². The topological polar surface area (TPSA) is 294 Å². The second kappa shape index (κ2) is 17.0. The van der Waals surface area contributed by atoms with Crippen molar-refractivity contribution in [1.29, 1.82) is 0 Å². The fourth-order valence-corrected chi connectivity index (χ4v) is 2.68. The zero-order valence-electron chi connectivity index (χ0n) is 18.8. The van der Waals surface area contributed by atoms with Crippen molar-refractivity contribution in [3.05, 3.63) is 0 Å². The molecule has 0 spiro atoms. The minimum Gasteiger partial charge on any atom is -0.370 e. The number of nitrogens with one attached hydrogen (secondary N) is 2. The molecule has 0 radical (unpaired) electrons. The molecule has 0 bridgehead atoms. The molecule has 16 N–H and O–H groups in total. The summed E-state index contributed by atoms with van der Waals surface area (Å²) in [5, 5.41) is 5.23. The number of aliphatic imine (C=N–C) groups is 3. The van der Waals surface area contributed by atoms with Crippen LogP contribution < -0.4 is 50.8 Å². The monoisotopic (exact) mass is 470 g/mol. The predicted octanol–water partition coefficient (Wildman–Crippen LogP) is -4.36. The molecule has 0 aliphatic carbocycles. The van der Waals surface area contributed by atoms with Crippen LogP contribution in [0, 0.1) is 0 Å². The molecule has 0 aromatic heterocycles. The number of amides is 2. The van der Waals surface area contributed by atoms with Crippen molar-refractivity contribution in [1.82, 2.24) is 10.6 Å². The van der Waals surface area contributed by atoms with E-state index in [2.05, 4.69) is 25.6 Å². The first-order chi connectivity index (χ1) is 15.6. The number of rotatable bonds is 17. The van der Waals surface area contributed by atoms with Gasteiger partial charge in [0.1, 0.15) is 12.3 Å². The first kappa shape index (κ1) is 29.4. The van der Waals surface area contributed by atoms with Crippen molar-refractivity contribution in [2.75, 3.05) is 19.6 Å². The fraction of sp³-hybridized carbons (Fsp3) is 0.667. The Hall–Kier alpha value is -3.62. The molecule has 33 heavy (non-hydrogen) atoms. The van der Waals surface area contributed by atoms with E-state index in [1.807, 2.05) is 0 Å². The third kappa shape index (κ3) is 15.8. The lowest BCUT2D eigenvalue weighted by molar-refractivity contribution is -0.130. The van der Waals surface area contributed by atoms with Gasteiger partial charge < -0.3 is 55.6 Å². The molecule has 188 valence electrons. The summed E-state index contributed by atoms with van der Waals surface area (Å²) in [6.45, 7) is 0.907. The molecule has 0 fully saturated rings. The van der Waals surface area contributed by atoms with E-state index in [1.54, 1.807) is 0 Å². The van der Waals surface area contributed by atoms with Crippen molar-refractivity contribution in [2.24, 2.45) is 55.1 Å². The smallest absolute Gasteiger partial charge is 0.243 e. The average molecular weight is 471 g/mol. The van der Waals surface area contributed by atoms with Crippen LogP contribution in [-0.2, 0) is 14.4 Å². The Bertz CT molecular complexity index is 698. The van der Waals surface area contributed by atoms with Crippen molar-refractivity contribution >= 4 is 36.0 Å². The summed E-state index contributed by atoms with van der Waals surface area (Å²) in [5.41, 5.74) is 37.5. The van der Waals surface area contributed by atoms with E-state index in [4.69, 9.17) is 40.1 Å². The number of nitrogens with zero attached hydrogens (tertiary/aromatic N) is 3. The zero-order chi connectivity index (χ0) is 25.2. The van der Waals surface area contributed by atoms with Crippen molar-refractivity contribution in [3.63, 3.8) is 0 Å². The lowest BCUT2D eigenvalue weighted by Gasteiger charge is -2.22. The number of nitrogens with two attached hydrogens (primary N) is 7. The summed E-state index contributed by atoms with van der Waals surface area (Å²) in [4.78, 5) is 48.1. The number of guanidine groups is 3. The Balaban J connectivity index is 4.96. The van der Waals surface area contributed by atoms with Gasteiger partial charge in [0, 0.05) is 19.6 Å². The van der Waals surface area contributed by atoms with E-state index in [9.17, 15) is 14.4 Å². The van der Waals surface area contributed by atoms with Crippen molar-refractivity contribution < 1.29 is 14.4 Å². The third-order valence-corrected chi connectivity index (χ3v) is 4.34. The molecule has 0 aliphatic heterocycles. The first-order valence-electron chi connectivity index (χ1n) is 10.5. The van der Waals surface area contributed by atoms with Crippen LogP contribution in [0.25, 0.3) is 0 Å². The van der Waals surface area contributed by atoms with Crippen molar-refractivity contribution in [3.8, 4) is 0 Å². The molecule has 0 heterocycles. The SMILES string of the molecule is NC(N)=NCCC[C@@H](N)C(=O)N[C@H](CCCN=C(N)N)C(=O)N[C@@H](C=O)CCCN=C(N)N. The quantitative estimate of drug-likeness (QED) is 0.0425. The van der Waals surface area contributed by atoms with Crippen LogP contribution in [0.4, 0.5) is 0 Å². The van der Waals surface area contributed by atoms with E-state index in [1.165, 1.54) is 0 Å². The highest BCUT2D eigenvalue weighted by Crippen LogP contribution is 2.04. The molecule has 15 heteroatoms. The number of carbonyl (C=O) groups is 3. The molecular formula is C18H38N12O3. The van der Waals surface area contributed by atoms with Gasteiger partial charge in [0.25, 0.3) is 0 Å². The standard InChI is InChI=1S/C18H38N12O3/c19-12(5-2-8-27-17(22)23)14(32)30-13(6-3-9-28-18(24)25)15(33)29-11(10-31)4-1-7-26-16(20)21/h10-13H,1-9,19H2,(H,29,33)(H,30,32)(H4,20,21,26)(H4,22,23,27)(H4,24,25,28)/t11-,12-,13-/m1/s1. The first-order valence-corrected chi connectivity index (χ1v) is 10.5. The highest BCUT2D eigenvalue weighted by atomic mass is 16.2. The summed E-state index contributed by atoms with van der Waals surface area (Å²) < 4.78 is 0. The van der Waals surface area contributed by atoms with E-state index in [-0.39, 0.29) is 30.8 Å². The van der Waals surface area contributed by atoms with Gasteiger partial charge in [-0.25, -0.2) is 0 Å². The van der Waals surface area contributed by atoms with Crippen LogP contribution in [-0.4, -0.2) is 73.7 Å². The molecule has 0 rings (SSSR count). The molecule has 0 aromatic carbocycles. The lowest BCUT2D eigenvalue weighted by atomic mass is 10.1. The number of hydrogen-bond acceptors (Lipinski definition) is 7. The Morgan fingerprint density at radius 1 is 0.697 bits per heavy atom. The molecule has 15 nitrogen and oxygen atoms in total. The minimum atomic E-state index is -0.935. The van der Waals surface area contributed by atoms with Crippen LogP contribution >= 0.6 is 0 Å². The Labute approximate surface area is 193 Å². The highest BCUT2D eigenvalue weighted by molar-refractivity contribution is 5.90. The maximum atomic E-state index is 12.8. The van der Waals surface area contributed by atoms with Gasteiger partial charge in [-0.3, -0.25) is 24.6 Å². The van der Waals surface area contributed by atoms with Gasteiger partial charge in [-0.2, -0.15) is 0 Å².